The normalized spacial score (nSPS) is 22.7. The van der Waals surface area contributed by atoms with Crippen LogP contribution < -0.4 is 15.1 Å². The van der Waals surface area contributed by atoms with Gasteiger partial charge in [-0.2, -0.15) is 0 Å². The van der Waals surface area contributed by atoms with Crippen LogP contribution in [0.4, 0.5) is 11.4 Å². The van der Waals surface area contributed by atoms with Gasteiger partial charge in [0.1, 0.15) is 0 Å². The average molecular weight is 584 g/mol. The molecular formula is C34H38ClN5S. The minimum absolute atomic E-state index is 0.0991. The van der Waals surface area contributed by atoms with Crippen LogP contribution in [0.5, 0.6) is 0 Å². The summed E-state index contributed by atoms with van der Waals surface area (Å²) in [5.41, 5.74) is 9.15. The molecule has 2 fully saturated rings. The van der Waals surface area contributed by atoms with E-state index in [1.165, 1.54) is 28.9 Å². The van der Waals surface area contributed by atoms with Crippen molar-refractivity contribution in [1.82, 2.24) is 14.9 Å². The zero-order chi connectivity index (χ0) is 28.8. The standard InChI is InChI=1S/C34H38ClN5S/c1-21-17-22(2)20-38(19-21)30-15-14-27(18-28(30)35)40-33(32(37-34(40)41)29-13-9-10-16-36-29)31-23(3)24(4)39(25(31)5)26-11-7-6-8-12-26/h6-16,18,21-22,32-33H,17,19-20H2,1-5H3,(H,37,41)/t21-,22-,32+,33-/m1/s1. The topological polar surface area (TPSA) is 36.3 Å². The zero-order valence-corrected chi connectivity index (χ0v) is 26.0. The molecule has 2 saturated heterocycles. The van der Waals surface area contributed by atoms with Crippen molar-refractivity contribution in [3.8, 4) is 5.69 Å². The van der Waals surface area contributed by atoms with E-state index in [1.807, 2.05) is 18.3 Å². The number of anilines is 2. The molecule has 0 spiro atoms. The summed E-state index contributed by atoms with van der Waals surface area (Å²) in [6.45, 7) is 13.4. The van der Waals surface area contributed by atoms with Crippen LogP contribution in [0, 0.1) is 32.6 Å². The molecule has 5 nitrogen and oxygen atoms in total. The first-order valence-electron chi connectivity index (χ1n) is 14.5. The smallest absolute Gasteiger partial charge is 0.174 e. The number of halogens is 1. The molecule has 0 aliphatic carbocycles. The number of piperidine rings is 1. The maximum absolute atomic E-state index is 7.05. The molecule has 2 aromatic carbocycles. The van der Waals surface area contributed by atoms with E-state index in [0.717, 1.165) is 40.9 Å². The van der Waals surface area contributed by atoms with E-state index in [0.29, 0.717) is 16.9 Å². The maximum Gasteiger partial charge on any atom is 0.174 e. The van der Waals surface area contributed by atoms with Gasteiger partial charge in [-0.3, -0.25) is 4.98 Å². The van der Waals surface area contributed by atoms with Gasteiger partial charge < -0.3 is 19.7 Å². The highest BCUT2D eigenvalue weighted by molar-refractivity contribution is 7.80. The van der Waals surface area contributed by atoms with Gasteiger partial charge in [-0.05, 0) is 99.3 Å². The molecule has 0 unspecified atom stereocenters. The van der Waals surface area contributed by atoms with Crippen LogP contribution in [-0.2, 0) is 0 Å². The fourth-order valence-electron chi connectivity index (χ4n) is 7.09. The Kier molecular flexibility index (Phi) is 7.56. The largest absolute Gasteiger partial charge is 0.370 e. The monoisotopic (exact) mass is 583 g/mol. The summed E-state index contributed by atoms with van der Waals surface area (Å²) in [5, 5.41) is 5.07. The Hall–Kier alpha value is -3.35. The van der Waals surface area contributed by atoms with Crippen molar-refractivity contribution in [3.63, 3.8) is 0 Å². The first-order chi connectivity index (χ1) is 19.7. The van der Waals surface area contributed by atoms with Crippen molar-refractivity contribution in [2.75, 3.05) is 22.9 Å². The summed E-state index contributed by atoms with van der Waals surface area (Å²) < 4.78 is 2.36. The number of para-hydroxylation sites is 1. The van der Waals surface area contributed by atoms with Crippen LogP contribution in [0.3, 0.4) is 0 Å². The van der Waals surface area contributed by atoms with E-state index < -0.39 is 0 Å². The van der Waals surface area contributed by atoms with Crippen LogP contribution in [0.2, 0.25) is 5.02 Å². The van der Waals surface area contributed by atoms with Gasteiger partial charge in [-0.1, -0.05) is 49.7 Å². The van der Waals surface area contributed by atoms with Crippen LogP contribution in [-0.4, -0.2) is 27.8 Å². The van der Waals surface area contributed by atoms with Crippen molar-refractivity contribution >= 4 is 40.3 Å². The average Bonchev–Trinajstić information content (AvgIpc) is 3.40. The van der Waals surface area contributed by atoms with Gasteiger partial charge in [-0.25, -0.2) is 0 Å². The van der Waals surface area contributed by atoms with Crippen molar-refractivity contribution in [3.05, 3.63) is 106 Å². The Morgan fingerprint density at radius 1 is 0.878 bits per heavy atom. The lowest BCUT2D eigenvalue weighted by Crippen LogP contribution is -2.38. The SMILES string of the molecule is Cc1c([C@@H]2[C@H](c3ccccn3)NC(=S)N2c2ccc(N3C[C@H](C)C[C@@H](C)C3)c(Cl)c2)c(C)n(-c2ccccc2)c1C. The lowest BCUT2D eigenvalue weighted by atomic mass is 9.91. The molecule has 0 amide bonds. The van der Waals surface area contributed by atoms with Gasteiger partial charge in [-0.15, -0.1) is 0 Å². The van der Waals surface area contributed by atoms with E-state index in [2.05, 4.69) is 109 Å². The number of aromatic nitrogens is 2. The minimum Gasteiger partial charge on any atom is -0.370 e. The van der Waals surface area contributed by atoms with E-state index in [9.17, 15) is 0 Å². The van der Waals surface area contributed by atoms with Crippen LogP contribution in [0.1, 0.15) is 60.6 Å². The molecule has 1 N–H and O–H groups in total. The highest BCUT2D eigenvalue weighted by Crippen LogP contribution is 2.46. The summed E-state index contributed by atoms with van der Waals surface area (Å²) in [5.74, 6) is 1.30. The molecule has 41 heavy (non-hydrogen) atoms. The minimum atomic E-state index is -0.116. The second-order valence-corrected chi connectivity index (χ2v) is 12.7. The molecule has 0 bridgehead atoms. The summed E-state index contributed by atoms with van der Waals surface area (Å²) in [4.78, 5) is 9.45. The molecule has 2 aliphatic heterocycles. The second-order valence-electron chi connectivity index (χ2n) is 11.9. The summed E-state index contributed by atoms with van der Waals surface area (Å²) in [6, 6.07) is 22.9. The van der Waals surface area contributed by atoms with Crippen LogP contribution in [0.15, 0.2) is 72.9 Å². The highest BCUT2D eigenvalue weighted by atomic mass is 35.5. The summed E-state index contributed by atoms with van der Waals surface area (Å²) >= 11 is 13.1. The van der Waals surface area contributed by atoms with Gasteiger partial charge in [0.05, 0.1) is 28.5 Å². The van der Waals surface area contributed by atoms with Gasteiger partial charge >= 0.3 is 0 Å². The van der Waals surface area contributed by atoms with Crippen molar-refractivity contribution in [2.24, 2.45) is 11.8 Å². The summed E-state index contributed by atoms with van der Waals surface area (Å²) in [6.07, 6.45) is 3.11. The molecule has 7 heteroatoms. The number of benzene rings is 2. The Morgan fingerprint density at radius 3 is 2.24 bits per heavy atom. The first kappa shape index (κ1) is 27.8. The van der Waals surface area contributed by atoms with Gasteiger partial charge in [0.25, 0.3) is 0 Å². The quantitative estimate of drug-likeness (QED) is 0.240. The predicted molar refractivity (Wildman–Crippen MR) is 175 cm³/mol. The maximum atomic E-state index is 7.05. The first-order valence-corrected chi connectivity index (χ1v) is 15.3. The molecule has 4 heterocycles. The Balaban J connectivity index is 1.47. The Labute approximate surface area is 254 Å². The number of nitrogens with one attached hydrogen (secondary N) is 1. The van der Waals surface area contributed by atoms with Gasteiger partial charge in [0, 0.05) is 47.6 Å². The molecule has 0 saturated carbocycles. The molecular weight excluding hydrogens is 546 g/mol. The fourth-order valence-corrected chi connectivity index (χ4v) is 7.73. The molecule has 2 aromatic heterocycles. The van der Waals surface area contributed by atoms with Gasteiger partial charge in [0.15, 0.2) is 5.11 Å². The number of hydrogen-bond donors (Lipinski definition) is 1. The molecule has 4 aromatic rings. The Morgan fingerprint density at radius 2 is 1.59 bits per heavy atom. The lowest BCUT2D eigenvalue weighted by molar-refractivity contribution is 0.357. The van der Waals surface area contributed by atoms with Crippen LogP contribution >= 0.6 is 23.8 Å². The second kappa shape index (κ2) is 11.1. The number of rotatable bonds is 5. The molecule has 0 radical (unpaired) electrons. The molecule has 6 rings (SSSR count). The van der Waals surface area contributed by atoms with E-state index in [-0.39, 0.29) is 12.1 Å². The van der Waals surface area contributed by atoms with Gasteiger partial charge in [0.2, 0.25) is 0 Å². The highest BCUT2D eigenvalue weighted by Gasteiger charge is 2.43. The molecule has 212 valence electrons. The van der Waals surface area contributed by atoms with Crippen molar-refractivity contribution in [1.29, 1.82) is 0 Å². The molecule has 4 atom stereocenters. The number of nitrogens with zero attached hydrogens (tertiary/aromatic N) is 4. The Bertz CT molecular complexity index is 1560. The van der Waals surface area contributed by atoms with E-state index in [1.54, 1.807) is 0 Å². The number of thiocarbonyl (C=S) groups is 1. The van der Waals surface area contributed by atoms with E-state index in [4.69, 9.17) is 28.8 Å². The number of hydrogen-bond acceptors (Lipinski definition) is 3. The fraction of sp³-hybridized carbons (Fsp3) is 0.353. The van der Waals surface area contributed by atoms with Crippen molar-refractivity contribution in [2.45, 2.75) is 53.1 Å². The molecule has 2 aliphatic rings. The lowest BCUT2D eigenvalue weighted by Gasteiger charge is -2.37. The summed E-state index contributed by atoms with van der Waals surface area (Å²) in [7, 11) is 0. The van der Waals surface area contributed by atoms with Crippen LogP contribution in [0.25, 0.3) is 5.69 Å². The number of pyridine rings is 1. The van der Waals surface area contributed by atoms with Crippen molar-refractivity contribution < 1.29 is 0 Å². The third-order valence-corrected chi connectivity index (χ3v) is 9.45. The van der Waals surface area contributed by atoms with E-state index >= 15 is 0 Å². The third-order valence-electron chi connectivity index (χ3n) is 8.83. The predicted octanol–water partition coefficient (Wildman–Crippen LogP) is 8.11. The third kappa shape index (κ3) is 5.02. The zero-order valence-electron chi connectivity index (χ0n) is 24.4.